The maximum atomic E-state index is 12.9. The highest BCUT2D eigenvalue weighted by Gasteiger charge is 2.30. The Morgan fingerprint density at radius 2 is 1.86 bits per heavy atom. The zero-order valence-corrected chi connectivity index (χ0v) is 16.9. The van der Waals surface area contributed by atoms with Crippen LogP contribution in [0.4, 0.5) is 0 Å². The quantitative estimate of drug-likeness (QED) is 0.654. The Labute approximate surface area is 168 Å². The summed E-state index contributed by atoms with van der Waals surface area (Å²) in [6.45, 7) is 2.63. The van der Waals surface area contributed by atoms with Crippen LogP contribution in [0.15, 0.2) is 58.5 Å². The molecule has 2 aromatic carbocycles. The van der Waals surface area contributed by atoms with Crippen LogP contribution in [-0.2, 0) is 10.0 Å². The SMILES string of the molecule is Cc1ccc2ncn(C3CCN(S(=O)(=O)c4cccc(Cl)c4)CC3)c(=O)c2c1. The van der Waals surface area contributed by atoms with Gasteiger partial charge in [0, 0.05) is 24.2 Å². The molecular formula is C20H20ClN3O3S. The number of hydrogen-bond acceptors (Lipinski definition) is 4. The Morgan fingerprint density at radius 1 is 1.11 bits per heavy atom. The van der Waals surface area contributed by atoms with E-state index in [9.17, 15) is 13.2 Å². The lowest BCUT2D eigenvalue weighted by Crippen LogP contribution is -2.40. The van der Waals surface area contributed by atoms with Gasteiger partial charge in [0.2, 0.25) is 10.0 Å². The molecule has 4 rings (SSSR count). The molecule has 146 valence electrons. The predicted molar refractivity (Wildman–Crippen MR) is 109 cm³/mol. The van der Waals surface area contributed by atoms with Crippen LogP contribution < -0.4 is 5.56 Å². The minimum Gasteiger partial charge on any atom is -0.296 e. The number of fused-ring (bicyclic) bond motifs is 1. The average molecular weight is 418 g/mol. The van der Waals surface area contributed by atoms with Crippen molar-refractivity contribution in [3.63, 3.8) is 0 Å². The molecule has 0 radical (unpaired) electrons. The van der Waals surface area contributed by atoms with Gasteiger partial charge < -0.3 is 0 Å². The second-order valence-electron chi connectivity index (χ2n) is 7.07. The van der Waals surface area contributed by atoms with Gasteiger partial charge in [0.1, 0.15) is 0 Å². The second-order valence-corrected chi connectivity index (χ2v) is 9.44. The van der Waals surface area contributed by atoms with Gasteiger partial charge in [-0.3, -0.25) is 9.36 Å². The first-order chi connectivity index (χ1) is 13.4. The molecule has 2 heterocycles. The Morgan fingerprint density at radius 3 is 2.57 bits per heavy atom. The molecular weight excluding hydrogens is 398 g/mol. The van der Waals surface area contributed by atoms with Gasteiger partial charge in [0.15, 0.2) is 0 Å². The van der Waals surface area contributed by atoms with Gasteiger partial charge in [-0.1, -0.05) is 29.3 Å². The fourth-order valence-electron chi connectivity index (χ4n) is 3.65. The summed E-state index contributed by atoms with van der Waals surface area (Å²) >= 11 is 5.94. The second kappa shape index (κ2) is 7.31. The number of nitrogens with zero attached hydrogens (tertiary/aromatic N) is 3. The summed E-state index contributed by atoms with van der Waals surface area (Å²) in [4.78, 5) is 17.5. The molecule has 1 saturated heterocycles. The Balaban J connectivity index is 1.57. The molecule has 3 aromatic rings. The first-order valence-corrected chi connectivity index (χ1v) is 10.9. The van der Waals surface area contributed by atoms with Crippen molar-refractivity contribution in [3.8, 4) is 0 Å². The van der Waals surface area contributed by atoms with Gasteiger partial charge in [0.25, 0.3) is 5.56 Å². The molecule has 1 aromatic heterocycles. The van der Waals surface area contributed by atoms with E-state index in [4.69, 9.17) is 11.6 Å². The largest absolute Gasteiger partial charge is 0.296 e. The predicted octanol–water partition coefficient (Wildman–Crippen LogP) is 3.38. The number of halogens is 1. The van der Waals surface area contributed by atoms with Crippen molar-refractivity contribution in [2.75, 3.05) is 13.1 Å². The van der Waals surface area contributed by atoms with E-state index < -0.39 is 10.0 Å². The highest BCUT2D eigenvalue weighted by molar-refractivity contribution is 7.89. The van der Waals surface area contributed by atoms with Crippen molar-refractivity contribution in [2.24, 2.45) is 0 Å². The molecule has 0 aliphatic carbocycles. The third kappa shape index (κ3) is 3.45. The van der Waals surface area contributed by atoms with Crippen molar-refractivity contribution >= 4 is 32.5 Å². The summed E-state index contributed by atoms with van der Waals surface area (Å²) in [5.41, 5.74) is 1.60. The van der Waals surface area contributed by atoms with Crippen molar-refractivity contribution in [1.82, 2.24) is 13.9 Å². The van der Waals surface area contributed by atoms with Gasteiger partial charge in [0.05, 0.1) is 22.1 Å². The molecule has 28 heavy (non-hydrogen) atoms. The van der Waals surface area contributed by atoms with E-state index in [0.29, 0.717) is 41.9 Å². The first-order valence-electron chi connectivity index (χ1n) is 9.09. The van der Waals surface area contributed by atoms with Crippen molar-refractivity contribution in [2.45, 2.75) is 30.7 Å². The van der Waals surface area contributed by atoms with Gasteiger partial charge in [-0.15, -0.1) is 0 Å². The molecule has 0 saturated carbocycles. The van der Waals surface area contributed by atoms with E-state index in [1.54, 1.807) is 29.1 Å². The molecule has 0 atom stereocenters. The van der Waals surface area contributed by atoms with Crippen LogP contribution in [0.25, 0.3) is 10.9 Å². The lowest BCUT2D eigenvalue weighted by atomic mass is 10.1. The van der Waals surface area contributed by atoms with Crippen LogP contribution in [-0.4, -0.2) is 35.4 Å². The summed E-state index contributed by atoms with van der Waals surface area (Å²) in [7, 11) is -3.59. The van der Waals surface area contributed by atoms with Crippen LogP contribution in [0.3, 0.4) is 0 Å². The van der Waals surface area contributed by atoms with Gasteiger partial charge in [-0.2, -0.15) is 4.31 Å². The maximum absolute atomic E-state index is 12.9. The van der Waals surface area contributed by atoms with Crippen LogP contribution in [0.1, 0.15) is 24.4 Å². The van der Waals surface area contributed by atoms with Gasteiger partial charge in [-0.05, 0) is 50.1 Å². The Bertz CT molecular complexity index is 1200. The van der Waals surface area contributed by atoms with Crippen molar-refractivity contribution < 1.29 is 8.42 Å². The number of hydrogen-bond donors (Lipinski definition) is 0. The molecule has 6 nitrogen and oxygen atoms in total. The normalized spacial score (nSPS) is 16.5. The molecule has 1 aliphatic heterocycles. The fraction of sp³-hybridized carbons (Fsp3) is 0.300. The summed E-state index contributed by atoms with van der Waals surface area (Å²) in [5.74, 6) is 0. The van der Waals surface area contributed by atoms with Crippen LogP contribution in [0, 0.1) is 6.92 Å². The van der Waals surface area contributed by atoms with Gasteiger partial charge >= 0.3 is 0 Å². The van der Waals surface area contributed by atoms with Crippen LogP contribution >= 0.6 is 11.6 Å². The average Bonchev–Trinajstić information content (AvgIpc) is 2.69. The van der Waals surface area contributed by atoms with Crippen LogP contribution in [0.5, 0.6) is 0 Å². The van der Waals surface area contributed by atoms with E-state index in [2.05, 4.69) is 4.98 Å². The third-order valence-corrected chi connectivity index (χ3v) is 7.32. The molecule has 0 unspecified atom stereocenters. The number of sulfonamides is 1. The Kier molecular flexibility index (Phi) is 4.99. The zero-order chi connectivity index (χ0) is 19.9. The number of aromatic nitrogens is 2. The lowest BCUT2D eigenvalue weighted by molar-refractivity contribution is 0.269. The monoisotopic (exact) mass is 417 g/mol. The van der Waals surface area contributed by atoms with E-state index in [1.165, 1.54) is 10.4 Å². The van der Waals surface area contributed by atoms with E-state index in [0.717, 1.165) is 5.56 Å². The number of benzene rings is 2. The van der Waals surface area contributed by atoms with E-state index in [1.807, 2.05) is 25.1 Å². The molecule has 1 aliphatic rings. The smallest absolute Gasteiger partial charge is 0.261 e. The standard InChI is InChI=1S/C20H20ClN3O3S/c1-14-5-6-19-18(11-14)20(25)24(13-22-19)16-7-9-23(10-8-16)28(26,27)17-4-2-3-15(21)12-17/h2-6,11-13,16H,7-10H2,1H3. The molecule has 0 amide bonds. The highest BCUT2D eigenvalue weighted by atomic mass is 35.5. The summed E-state index contributed by atoms with van der Waals surface area (Å²) < 4.78 is 28.8. The highest BCUT2D eigenvalue weighted by Crippen LogP contribution is 2.27. The Hall–Kier alpha value is -2.22. The van der Waals surface area contributed by atoms with Gasteiger partial charge in [-0.25, -0.2) is 13.4 Å². The van der Waals surface area contributed by atoms with E-state index >= 15 is 0 Å². The maximum Gasteiger partial charge on any atom is 0.261 e. The van der Waals surface area contributed by atoms with Crippen molar-refractivity contribution in [3.05, 3.63) is 69.7 Å². The minimum atomic E-state index is -3.59. The molecule has 0 spiro atoms. The summed E-state index contributed by atoms with van der Waals surface area (Å²) in [6.07, 6.45) is 2.68. The third-order valence-electron chi connectivity index (χ3n) is 5.19. The summed E-state index contributed by atoms with van der Waals surface area (Å²) in [6, 6.07) is 11.8. The fourth-order valence-corrected chi connectivity index (χ4v) is 5.42. The van der Waals surface area contributed by atoms with Crippen LogP contribution in [0.2, 0.25) is 5.02 Å². The molecule has 1 fully saturated rings. The lowest BCUT2D eigenvalue weighted by Gasteiger charge is -2.32. The number of piperidine rings is 1. The topological polar surface area (TPSA) is 72.3 Å². The first kappa shape index (κ1) is 19.1. The molecule has 0 bridgehead atoms. The number of rotatable bonds is 3. The summed E-state index contributed by atoms with van der Waals surface area (Å²) in [5, 5.41) is 0.983. The molecule has 0 N–H and O–H groups in total. The van der Waals surface area contributed by atoms with Crippen molar-refractivity contribution in [1.29, 1.82) is 0 Å². The van der Waals surface area contributed by atoms with E-state index in [-0.39, 0.29) is 16.5 Å². The zero-order valence-electron chi connectivity index (χ0n) is 15.4. The molecule has 8 heteroatoms. The minimum absolute atomic E-state index is 0.0734. The number of aryl methyl sites for hydroxylation is 1.